The number of piperidine rings is 1. The van der Waals surface area contributed by atoms with Gasteiger partial charge in [-0.15, -0.1) is 0 Å². The number of carbonyl (C=O) groups is 1. The van der Waals surface area contributed by atoms with E-state index in [1.54, 1.807) is 18.6 Å². The summed E-state index contributed by atoms with van der Waals surface area (Å²) in [5, 5.41) is 3.11. The van der Waals surface area contributed by atoms with E-state index in [-0.39, 0.29) is 11.8 Å². The number of nitrogens with zero attached hydrogens (tertiary/aromatic N) is 4. The predicted octanol–water partition coefficient (Wildman–Crippen LogP) is 2.85. The molecule has 0 radical (unpaired) electrons. The van der Waals surface area contributed by atoms with E-state index in [4.69, 9.17) is 0 Å². The molecule has 1 aliphatic rings. The van der Waals surface area contributed by atoms with Gasteiger partial charge in [0.1, 0.15) is 5.82 Å². The van der Waals surface area contributed by atoms with Crippen molar-refractivity contribution in [2.24, 2.45) is 5.92 Å². The molecular formula is C22H31N5O. The monoisotopic (exact) mass is 381 g/mol. The van der Waals surface area contributed by atoms with Gasteiger partial charge in [0.05, 0.1) is 6.20 Å². The van der Waals surface area contributed by atoms with Crippen molar-refractivity contribution in [3.63, 3.8) is 0 Å². The van der Waals surface area contributed by atoms with Crippen LogP contribution in [0.5, 0.6) is 0 Å². The largest absolute Gasteiger partial charge is 0.355 e. The van der Waals surface area contributed by atoms with Crippen LogP contribution in [0.3, 0.4) is 0 Å². The van der Waals surface area contributed by atoms with Crippen molar-refractivity contribution in [2.75, 3.05) is 31.1 Å². The van der Waals surface area contributed by atoms with Crippen LogP contribution in [0, 0.1) is 5.92 Å². The van der Waals surface area contributed by atoms with Crippen molar-refractivity contribution < 1.29 is 4.79 Å². The number of rotatable bonds is 8. The van der Waals surface area contributed by atoms with Gasteiger partial charge in [-0.05, 0) is 37.1 Å². The van der Waals surface area contributed by atoms with Crippen LogP contribution < -0.4 is 10.2 Å². The molecule has 6 heteroatoms. The molecule has 0 atom stereocenters. The molecule has 0 unspecified atom stereocenters. The molecule has 150 valence electrons. The lowest BCUT2D eigenvalue weighted by atomic mass is 9.96. The maximum atomic E-state index is 12.5. The fourth-order valence-corrected chi connectivity index (χ4v) is 3.63. The molecule has 1 aromatic heterocycles. The number of hydrogen-bond acceptors (Lipinski definition) is 5. The summed E-state index contributed by atoms with van der Waals surface area (Å²) in [4.78, 5) is 25.6. The highest BCUT2D eigenvalue weighted by atomic mass is 16.1. The summed E-state index contributed by atoms with van der Waals surface area (Å²) in [5.41, 5.74) is 2.46. The van der Waals surface area contributed by atoms with Gasteiger partial charge in [-0.3, -0.25) is 14.7 Å². The average molecular weight is 382 g/mol. The quantitative estimate of drug-likeness (QED) is 0.762. The van der Waals surface area contributed by atoms with Crippen LogP contribution >= 0.6 is 0 Å². The van der Waals surface area contributed by atoms with E-state index in [1.807, 2.05) is 0 Å². The van der Waals surface area contributed by atoms with Crippen LogP contribution in [0.25, 0.3) is 0 Å². The summed E-state index contributed by atoms with van der Waals surface area (Å²) < 4.78 is 0. The molecule has 1 N–H and O–H groups in total. The van der Waals surface area contributed by atoms with Crippen molar-refractivity contribution in [2.45, 2.75) is 39.8 Å². The Morgan fingerprint density at radius 3 is 2.39 bits per heavy atom. The van der Waals surface area contributed by atoms with Crippen LogP contribution in [0.15, 0.2) is 42.9 Å². The lowest BCUT2D eigenvalue weighted by molar-refractivity contribution is -0.125. The minimum absolute atomic E-state index is 0.0786. The van der Waals surface area contributed by atoms with E-state index in [1.165, 1.54) is 5.56 Å². The Bertz CT molecular complexity index is 722. The Balaban J connectivity index is 1.43. The van der Waals surface area contributed by atoms with E-state index >= 15 is 0 Å². The predicted molar refractivity (Wildman–Crippen MR) is 112 cm³/mol. The molecule has 0 bridgehead atoms. The Morgan fingerprint density at radius 1 is 1.11 bits per heavy atom. The number of hydrogen-bond donors (Lipinski definition) is 1. The van der Waals surface area contributed by atoms with Gasteiger partial charge in [0.2, 0.25) is 5.91 Å². The Labute approximate surface area is 168 Å². The third-order valence-corrected chi connectivity index (χ3v) is 5.53. The average Bonchev–Trinajstić information content (AvgIpc) is 2.77. The van der Waals surface area contributed by atoms with Gasteiger partial charge in [0.25, 0.3) is 0 Å². The van der Waals surface area contributed by atoms with Crippen LogP contribution in [-0.2, 0) is 17.9 Å². The fourth-order valence-electron chi connectivity index (χ4n) is 3.63. The zero-order chi connectivity index (χ0) is 19.8. The second kappa shape index (κ2) is 10.2. The summed E-state index contributed by atoms with van der Waals surface area (Å²) in [7, 11) is 0. The molecule has 3 rings (SSSR count). The van der Waals surface area contributed by atoms with Gasteiger partial charge in [-0.25, -0.2) is 4.98 Å². The number of nitrogens with one attached hydrogen (secondary N) is 1. The van der Waals surface area contributed by atoms with Gasteiger partial charge >= 0.3 is 0 Å². The highest BCUT2D eigenvalue weighted by Gasteiger charge is 2.25. The molecule has 1 aromatic carbocycles. The van der Waals surface area contributed by atoms with E-state index in [0.717, 1.165) is 56.9 Å². The lowest BCUT2D eigenvalue weighted by Gasteiger charge is -2.31. The molecule has 0 spiro atoms. The summed E-state index contributed by atoms with van der Waals surface area (Å²) in [6, 6.07) is 8.57. The maximum absolute atomic E-state index is 12.5. The van der Waals surface area contributed by atoms with Gasteiger partial charge < -0.3 is 10.2 Å². The summed E-state index contributed by atoms with van der Waals surface area (Å²) in [5.74, 6) is 1.13. The van der Waals surface area contributed by atoms with Crippen molar-refractivity contribution in [1.29, 1.82) is 0 Å². The van der Waals surface area contributed by atoms with Crippen molar-refractivity contribution in [3.05, 3.63) is 54.0 Å². The summed E-state index contributed by atoms with van der Waals surface area (Å²) >= 11 is 0. The smallest absolute Gasteiger partial charge is 0.223 e. The Morgan fingerprint density at radius 2 is 1.79 bits per heavy atom. The molecule has 1 fully saturated rings. The summed E-state index contributed by atoms with van der Waals surface area (Å²) in [6.07, 6.45) is 6.88. The Kier molecular flexibility index (Phi) is 7.37. The van der Waals surface area contributed by atoms with Crippen LogP contribution in [0.4, 0.5) is 5.82 Å². The molecule has 0 saturated carbocycles. The van der Waals surface area contributed by atoms with Gasteiger partial charge in [0, 0.05) is 44.5 Å². The minimum Gasteiger partial charge on any atom is -0.355 e. The molecule has 0 aliphatic carbocycles. The van der Waals surface area contributed by atoms with Gasteiger partial charge in [-0.2, -0.15) is 0 Å². The first-order chi connectivity index (χ1) is 13.7. The molecule has 1 amide bonds. The topological polar surface area (TPSA) is 61.4 Å². The second-order valence-electron chi connectivity index (χ2n) is 7.32. The van der Waals surface area contributed by atoms with Crippen LogP contribution in [0.1, 0.15) is 37.8 Å². The highest BCUT2D eigenvalue weighted by Crippen LogP contribution is 2.21. The van der Waals surface area contributed by atoms with Gasteiger partial charge in [-0.1, -0.05) is 38.1 Å². The third kappa shape index (κ3) is 5.52. The van der Waals surface area contributed by atoms with E-state index in [2.05, 4.69) is 63.2 Å². The second-order valence-corrected chi connectivity index (χ2v) is 7.32. The molecule has 2 aromatic rings. The number of benzene rings is 1. The fraction of sp³-hybridized carbons (Fsp3) is 0.500. The SMILES string of the molecule is CCN(CC)Cc1ccc(CNC(=O)C2CCN(c3cnccn3)CC2)cc1. The zero-order valence-corrected chi connectivity index (χ0v) is 17.0. The molecule has 28 heavy (non-hydrogen) atoms. The number of carbonyl (C=O) groups excluding carboxylic acids is 1. The molecule has 2 heterocycles. The lowest BCUT2D eigenvalue weighted by Crippen LogP contribution is -2.40. The van der Waals surface area contributed by atoms with E-state index in [9.17, 15) is 4.79 Å². The standard InChI is InChI=1S/C22H31N5O/c1-3-26(4-2)17-19-7-5-18(6-8-19)15-25-22(28)20-9-13-27(14-10-20)21-16-23-11-12-24-21/h5-8,11-12,16,20H,3-4,9-10,13-15,17H2,1-2H3,(H,25,28). The van der Waals surface area contributed by atoms with Crippen LogP contribution in [0.2, 0.25) is 0 Å². The molecular weight excluding hydrogens is 350 g/mol. The number of amides is 1. The van der Waals surface area contributed by atoms with E-state index in [0.29, 0.717) is 6.54 Å². The van der Waals surface area contributed by atoms with E-state index < -0.39 is 0 Å². The van der Waals surface area contributed by atoms with Crippen LogP contribution in [-0.4, -0.2) is 47.0 Å². The highest BCUT2D eigenvalue weighted by molar-refractivity contribution is 5.79. The molecule has 1 aliphatic heterocycles. The van der Waals surface area contributed by atoms with Crippen molar-refractivity contribution >= 4 is 11.7 Å². The zero-order valence-electron chi connectivity index (χ0n) is 17.0. The van der Waals surface area contributed by atoms with Crippen molar-refractivity contribution in [1.82, 2.24) is 20.2 Å². The first-order valence-electron chi connectivity index (χ1n) is 10.3. The van der Waals surface area contributed by atoms with Gasteiger partial charge in [0.15, 0.2) is 0 Å². The third-order valence-electron chi connectivity index (χ3n) is 5.53. The first kappa shape index (κ1) is 20.3. The normalized spacial score (nSPS) is 15.0. The number of anilines is 1. The van der Waals surface area contributed by atoms with Crippen molar-refractivity contribution in [3.8, 4) is 0 Å². The Hall–Kier alpha value is -2.47. The number of aromatic nitrogens is 2. The minimum atomic E-state index is 0.0786. The maximum Gasteiger partial charge on any atom is 0.223 e. The first-order valence-corrected chi connectivity index (χ1v) is 10.3. The molecule has 1 saturated heterocycles. The summed E-state index contributed by atoms with van der Waals surface area (Å²) in [6.45, 7) is 9.75. The molecule has 6 nitrogen and oxygen atoms in total.